The molecule has 0 radical (unpaired) electrons. The Morgan fingerprint density at radius 1 is 1.58 bits per heavy atom. The molecular weight excluding hydrogens is 158 g/mol. The van der Waals surface area contributed by atoms with Gasteiger partial charge in [0.1, 0.15) is 11.5 Å². The Bertz CT molecular complexity index is 309. The highest BCUT2D eigenvalue weighted by atomic mass is 16.5. The summed E-state index contributed by atoms with van der Waals surface area (Å²) in [7, 11) is 1.44. The van der Waals surface area contributed by atoms with Crippen LogP contribution < -0.4 is 10.5 Å². The number of phenols is 1. The summed E-state index contributed by atoms with van der Waals surface area (Å²) in [5.74, 6) is 0.231. The molecule has 3 N–H and O–H groups in total. The number of carbonyl (C=O) groups is 1. The van der Waals surface area contributed by atoms with Gasteiger partial charge in [0.15, 0.2) is 6.29 Å². The Balaban J connectivity index is 3.25. The monoisotopic (exact) mass is 167 g/mol. The molecule has 0 atom stereocenters. The molecule has 1 aromatic carbocycles. The molecule has 0 saturated heterocycles. The molecule has 0 heterocycles. The average molecular weight is 167 g/mol. The van der Waals surface area contributed by atoms with Crippen LogP contribution in [0.15, 0.2) is 12.1 Å². The van der Waals surface area contributed by atoms with Crippen molar-refractivity contribution in [2.75, 3.05) is 12.8 Å². The molecule has 12 heavy (non-hydrogen) atoms. The van der Waals surface area contributed by atoms with Gasteiger partial charge in [-0.25, -0.2) is 0 Å². The highest BCUT2D eigenvalue weighted by Gasteiger charge is 2.05. The summed E-state index contributed by atoms with van der Waals surface area (Å²) in [4.78, 5) is 10.3. The summed E-state index contributed by atoms with van der Waals surface area (Å²) in [6.45, 7) is 0. The minimum atomic E-state index is -0.129. The maximum absolute atomic E-state index is 10.3. The molecule has 0 fully saturated rings. The number of phenolic OH excluding ortho intramolecular Hbond substituents is 1. The van der Waals surface area contributed by atoms with Crippen molar-refractivity contribution in [2.45, 2.75) is 0 Å². The Morgan fingerprint density at radius 2 is 2.25 bits per heavy atom. The van der Waals surface area contributed by atoms with Crippen LogP contribution in [0.25, 0.3) is 0 Å². The zero-order chi connectivity index (χ0) is 9.14. The van der Waals surface area contributed by atoms with Gasteiger partial charge in [0.2, 0.25) is 0 Å². The van der Waals surface area contributed by atoms with E-state index in [2.05, 4.69) is 0 Å². The summed E-state index contributed by atoms with van der Waals surface area (Å²) in [6.07, 6.45) is 0.533. The van der Waals surface area contributed by atoms with Gasteiger partial charge in [0.05, 0.1) is 18.4 Å². The van der Waals surface area contributed by atoms with E-state index in [4.69, 9.17) is 10.5 Å². The molecule has 0 bridgehead atoms. The van der Waals surface area contributed by atoms with Crippen molar-refractivity contribution in [1.82, 2.24) is 0 Å². The van der Waals surface area contributed by atoms with E-state index in [1.165, 1.54) is 19.2 Å². The second-order valence-corrected chi connectivity index (χ2v) is 2.27. The second kappa shape index (κ2) is 3.13. The lowest BCUT2D eigenvalue weighted by atomic mass is 10.2. The average Bonchev–Trinajstić information content (AvgIpc) is 2.08. The predicted molar refractivity (Wildman–Crippen MR) is 44.5 cm³/mol. The third-order valence-electron chi connectivity index (χ3n) is 1.51. The lowest BCUT2D eigenvalue weighted by molar-refractivity contribution is 0.112. The number of methoxy groups -OCH3 is 1. The van der Waals surface area contributed by atoms with Gasteiger partial charge in [-0.05, 0) is 6.07 Å². The van der Waals surface area contributed by atoms with Gasteiger partial charge in [-0.1, -0.05) is 0 Å². The summed E-state index contributed by atoms with van der Waals surface area (Å²) >= 11 is 0. The quantitative estimate of drug-likeness (QED) is 0.388. The molecule has 0 unspecified atom stereocenters. The van der Waals surface area contributed by atoms with Crippen LogP contribution in [0.3, 0.4) is 0 Å². The summed E-state index contributed by atoms with van der Waals surface area (Å²) < 4.78 is 4.82. The van der Waals surface area contributed by atoms with Gasteiger partial charge in [-0.15, -0.1) is 0 Å². The normalized spacial score (nSPS) is 9.42. The molecular formula is C8H9NO3. The highest BCUT2D eigenvalue weighted by molar-refractivity contribution is 5.82. The van der Waals surface area contributed by atoms with Gasteiger partial charge in [0, 0.05) is 6.07 Å². The maximum Gasteiger partial charge on any atom is 0.153 e. The highest BCUT2D eigenvalue weighted by Crippen LogP contribution is 2.28. The number of benzene rings is 1. The number of hydrogen-bond donors (Lipinski definition) is 2. The predicted octanol–water partition coefficient (Wildman–Crippen LogP) is 0.796. The lowest BCUT2D eigenvalue weighted by Gasteiger charge is -2.05. The molecule has 0 spiro atoms. The molecule has 64 valence electrons. The fraction of sp³-hybridized carbons (Fsp3) is 0.125. The third-order valence-corrected chi connectivity index (χ3v) is 1.51. The standard InChI is InChI=1S/C8H9NO3/c1-12-8-3-7(11)5(4-10)2-6(8)9/h2-4,11H,9H2,1H3. The van der Waals surface area contributed by atoms with Crippen LogP contribution in [0, 0.1) is 0 Å². The zero-order valence-electron chi connectivity index (χ0n) is 6.57. The smallest absolute Gasteiger partial charge is 0.153 e. The number of anilines is 1. The Kier molecular flexibility index (Phi) is 2.19. The second-order valence-electron chi connectivity index (χ2n) is 2.27. The van der Waals surface area contributed by atoms with Crippen LogP contribution in [-0.2, 0) is 0 Å². The van der Waals surface area contributed by atoms with Gasteiger partial charge in [-0.2, -0.15) is 0 Å². The van der Waals surface area contributed by atoms with E-state index >= 15 is 0 Å². The van der Waals surface area contributed by atoms with Crippen molar-refractivity contribution < 1.29 is 14.6 Å². The molecule has 0 saturated carbocycles. The number of ether oxygens (including phenoxy) is 1. The fourth-order valence-corrected chi connectivity index (χ4v) is 0.875. The first-order chi connectivity index (χ1) is 5.69. The van der Waals surface area contributed by atoms with Crippen LogP contribution in [-0.4, -0.2) is 18.5 Å². The number of nitrogens with two attached hydrogens (primary N) is 1. The third kappa shape index (κ3) is 1.32. The first-order valence-corrected chi connectivity index (χ1v) is 3.30. The van der Waals surface area contributed by atoms with E-state index in [9.17, 15) is 9.90 Å². The Morgan fingerprint density at radius 3 is 2.75 bits per heavy atom. The first kappa shape index (κ1) is 8.39. The molecule has 0 aliphatic rings. The van der Waals surface area contributed by atoms with Crippen molar-refractivity contribution in [2.24, 2.45) is 0 Å². The van der Waals surface area contributed by atoms with Crippen molar-refractivity contribution in [1.29, 1.82) is 0 Å². The Hall–Kier alpha value is -1.71. The van der Waals surface area contributed by atoms with Gasteiger partial charge in [-0.3, -0.25) is 4.79 Å². The Labute approximate surface area is 69.6 Å². The van der Waals surface area contributed by atoms with E-state index in [1.54, 1.807) is 0 Å². The number of aldehydes is 1. The van der Waals surface area contributed by atoms with E-state index in [-0.39, 0.29) is 11.3 Å². The number of carbonyl (C=O) groups excluding carboxylic acids is 1. The van der Waals surface area contributed by atoms with Crippen LogP contribution in [0.1, 0.15) is 10.4 Å². The molecule has 1 aromatic rings. The van der Waals surface area contributed by atoms with E-state index in [0.29, 0.717) is 17.7 Å². The minimum Gasteiger partial charge on any atom is -0.507 e. The first-order valence-electron chi connectivity index (χ1n) is 3.30. The van der Waals surface area contributed by atoms with Crippen molar-refractivity contribution in [3.8, 4) is 11.5 Å². The van der Waals surface area contributed by atoms with Crippen molar-refractivity contribution in [3.05, 3.63) is 17.7 Å². The molecule has 4 heteroatoms. The van der Waals surface area contributed by atoms with Crippen molar-refractivity contribution in [3.63, 3.8) is 0 Å². The van der Waals surface area contributed by atoms with Crippen LogP contribution >= 0.6 is 0 Å². The summed E-state index contributed by atoms with van der Waals surface area (Å²) in [5.41, 5.74) is 5.97. The fourth-order valence-electron chi connectivity index (χ4n) is 0.875. The van der Waals surface area contributed by atoms with Crippen molar-refractivity contribution >= 4 is 12.0 Å². The van der Waals surface area contributed by atoms with Gasteiger partial charge < -0.3 is 15.6 Å². The SMILES string of the molecule is COc1cc(O)c(C=O)cc1N. The van der Waals surface area contributed by atoms with Crippen LogP contribution in [0.5, 0.6) is 11.5 Å². The molecule has 4 nitrogen and oxygen atoms in total. The topological polar surface area (TPSA) is 72.5 Å². The minimum absolute atomic E-state index is 0.129. The summed E-state index contributed by atoms with van der Waals surface area (Å²) in [5, 5.41) is 9.18. The number of nitrogen functional groups attached to an aromatic ring is 1. The molecule has 0 amide bonds. The van der Waals surface area contributed by atoms with E-state index in [0.717, 1.165) is 0 Å². The molecule has 0 aromatic heterocycles. The van der Waals surface area contributed by atoms with E-state index < -0.39 is 0 Å². The number of hydrogen-bond acceptors (Lipinski definition) is 4. The number of aromatic hydroxyl groups is 1. The van der Waals surface area contributed by atoms with E-state index in [1.807, 2.05) is 0 Å². The molecule has 1 rings (SSSR count). The van der Waals surface area contributed by atoms with Crippen LogP contribution in [0.4, 0.5) is 5.69 Å². The number of rotatable bonds is 2. The van der Waals surface area contributed by atoms with Gasteiger partial charge in [0.25, 0.3) is 0 Å². The molecule has 0 aliphatic heterocycles. The lowest BCUT2D eigenvalue weighted by Crippen LogP contribution is -1.94. The summed E-state index contributed by atoms with van der Waals surface area (Å²) in [6, 6.07) is 2.67. The largest absolute Gasteiger partial charge is 0.507 e. The molecule has 0 aliphatic carbocycles. The van der Waals surface area contributed by atoms with Gasteiger partial charge >= 0.3 is 0 Å². The maximum atomic E-state index is 10.3. The van der Waals surface area contributed by atoms with Crippen LogP contribution in [0.2, 0.25) is 0 Å². The zero-order valence-corrected chi connectivity index (χ0v) is 6.57.